The second-order valence-corrected chi connectivity index (χ2v) is 6.38. The predicted octanol–water partition coefficient (Wildman–Crippen LogP) is 2.14. The lowest BCUT2D eigenvalue weighted by molar-refractivity contribution is 0.0848. The number of benzene rings is 1. The van der Waals surface area contributed by atoms with Gasteiger partial charge in [0.25, 0.3) is 11.8 Å². The Hall–Kier alpha value is -3.68. The lowest BCUT2D eigenvalue weighted by Crippen LogP contribution is -2.41. The first-order valence-electron chi connectivity index (χ1n) is 8.43. The maximum atomic E-state index is 12.7. The van der Waals surface area contributed by atoms with E-state index in [1.54, 1.807) is 24.0 Å². The van der Waals surface area contributed by atoms with Crippen LogP contribution in [0, 0.1) is 13.8 Å². The zero-order valence-electron chi connectivity index (χ0n) is 15.1. The number of aryl methyl sites for hydroxylation is 3. The summed E-state index contributed by atoms with van der Waals surface area (Å²) < 4.78 is 1.64. The Labute approximate surface area is 154 Å². The summed E-state index contributed by atoms with van der Waals surface area (Å²) in [7, 11) is 1.78. The fraction of sp³-hybridized carbons (Fsp3) is 0.158. The van der Waals surface area contributed by atoms with E-state index in [-0.39, 0.29) is 0 Å². The molecule has 0 unspecified atom stereocenters. The summed E-state index contributed by atoms with van der Waals surface area (Å²) in [5.74, 6) is -0.819. The molecule has 0 radical (unpaired) electrons. The van der Waals surface area contributed by atoms with Crippen LogP contribution in [0.15, 0.2) is 36.5 Å². The first-order valence-corrected chi connectivity index (χ1v) is 8.43. The van der Waals surface area contributed by atoms with Crippen LogP contribution in [0.1, 0.15) is 32.1 Å². The Bertz CT molecular complexity index is 1200. The van der Waals surface area contributed by atoms with E-state index in [1.165, 1.54) is 0 Å². The van der Waals surface area contributed by atoms with Crippen molar-refractivity contribution in [1.82, 2.24) is 30.6 Å². The Kier molecular flexibility index (Phi) is 3.88. The van der Waals surface area contributed by atoms with Gasteiger partial charge in [0.15, 0.2) is 5.65 Å². The number of para-hydroxylation sites is 1. The highest BCUT2D eigenvalue weighted by molar-refractivity contribution is 6.10. The van der Waals surface area contributed by atoms with Gasteiger partial charge in [0.05, 0.1) is 22.2 Å². The van der Waals surface area contributed by atoms with Gasteiger partial charge in [-0.15, -0.1) is 0 Å². The van der Waals surface area contributed by atoms with Crippen LogP contribution in [0.3, 0.4) is 0 Å². The lowest BCUT2D eigenvalue weighted by atomic mass is 10.1. The highest BCUT2D eigenvalue weighted by Gasteiger charge is 2.19. The van der Waals surface area contributed by atoms with Gasteiger partial charge in [0.2, 0.25) is 0 Å². The molecule has 8 heteroatoms. The van der Waals surface area contributed by atoms with Crippen LogP contribution in [0.2, 0.25) is 0 Å². The van der Waals surface area contributed by atoms with Gasteiger partial charge in [-0.05, 0) is 26.0 Å². The minimum absolute atomic E-state index is 0.397. The van der Waals surface area contributed by atoms with Crippen LogP contribution < -0.4 is 10.9 Å². The van der Waals surface area contributed by atoms with E-state index in [0.29, 0.717) is 33.5 Å². The van der Waals surface area contributed by atoms with Crippen LogP contribution in [0.4, 0.5) is 0 Å². The molecule has 1 aromatic carbocycles. The summed E-state index contributed by atoms with van der Waals surface area (Å²) in [6, 6.07) is 9.15. The van der Waals surface area contributed by atoms with Crippen molar-refractivity contribution in [2.45, 2.75) is 13.8 Å². The van der Waals surface area contributed by atoms with Gasteiger partial charge in [-0.2, -0.15) is 5.10 Å². The molecule has 0 atom stereocenters. The van der Waals surface area contributed by atoms with E-state index in [9.17, 15) is 9.59 Å². The molecule has 3 N–H and O–H groups in total. The first kappa shape index (κ1) is 16.8. The van der Waals surface area contributed by atoms with E-state index in [0.717, 1.165) is 10.9 Å². The quantitative estimate of drug-likeness (QED) is 0.475. The molecule has 2 amide bonds. The number of H-pyrrole nitrogens is 1. The van der Waals surface area contributed by atoms with Crippen molar-refractivity contribution in [2.75, 3.05) is 0 Å². The zero-order valence-corrected chi connectivity index (χ0v) is 15.1. The third-order valence-corrected chi connectivity index (χ3v) is 4.46. The Morgan fingerprint density at radius 1 is 1.07 bits per heavy atom. The van der Waals surface area contributed by atoms with Crippen molar-refractivity contribution in [1.29, 1.82) is 0 Å². The van der Waals surface area contributed by atoms with Crippen molar-refractivity contribution in [3.05, 3.63) is 59.0 Å². The lowest BCUT2D eigenvalue weighted by Gasteiger charge is -2.09. The van der Waals surface area contributed by atoms with Crippen molar-refractivity contribution < 1.29 is 9.59 Å². The van der Waals surface area contributed by atoms with Gasteiger partial charge in [-0.3, -0.25) is 25.1 Å². The third kappa shape index (κ3) is 2.80. The summed E-state index contributed by atoms with van der Waals surface area (Å²) in [5.41, 5.74) is 8.72. The summed E-state index contributed by atoms with van der Waals surface area (Å²) in [5, 5.41) is 5.78. The van der Waals surface area contributed by atoms with Crippen LogP contribution in [0.25, 0.3) is 21.9 Å². The van der Waals surface area contributed by atoms with Gasteiger partial charge in [-0.25, -0.2) is 4.98 Å². The van der Waals surface area contributed by atoms with Crippen LogP contribution in [-0.2, 0) is 7.05 Å². The summed E-state index contributed by atoms with van der Waals surface area (Å²) in [6.45, 7) is 3.63. The van der Waals surface area contributed by atoms with Crippen molar-refractivity contribution in [2.24, 2.45) is 7.05 Å². The second kappa shape index (κ2) is 6.24. The largest absolute Gasteiger partial charge is 0.360 e. The minimum Gasteiger partial charge on any atom is -0.360 e. The minimum atomic E-state index is -0.421. The van der Waals surface area contributed by atoms with Crippen LogP contribution in [0.5, 0.6) is 0 Å². The molecule has 0 aliphatic carbocycles. The number of amides is 2. The summed E-state index contributed by atoms with van der Waals surface area (Å²) in [6.07, 6.45) is 1.62. The fourth-order valence-electron chi connectivity index (χ4n) is 3.26. The number of hydrazine groups is 1. The van der Waals surface area contributed by atoms with Crippen LogP contribution in [-0.4, -0.2) is 31.6 Å². The molecule has 4 rings (SSSR count). The summed E-state index contributed by atoms with van der Waals surface area (Å²) in [4.78, 5) is 32.7. The number of carbonyl (C=O) groups is 2. The molecule has 136 valence electrons. The van der Waals surface area contributed by atoms with E-state index >= 15 is 0 Å². The molecule has 0 aliphatic heterocycles. The highest BCUT2D eigenvalue weighted by Crippen LogP contribution is 2.21. The number of rotatable bonds is 2. The number of aromatic nitrogens is 4. The van der Waals surface area contributed by atoms with Gasteiger partial charge < -0.3 is 4.98 Å². The molecular formula is C19H18N6O2. The Morgan fingerprint density at radius 3 is 2.56 bits per heavy atom. The number of pyridine rings is 1. The average molecular weight is 362 g/mol. The van der Waals surface area contributed by atoms with Gasteiger partial charge >= 0.3 is 0 Å². The third-order valence-electron chi connectivity index (χ3n) is 4.46. The van der Waals surface area contributed by atoms with Gasteiger partial charge in [0.1, 0.15) is 0 Å². The number of nitrogens with one attached hydrogen (secondary N) is 3. The molecule has 27 heavy (non-hydrogen) atoms. The summed E-state index contributed by atoms with van der Waals surface area (Å²) >= 11 is 0. The monoisotopic (exact) mass is 362 g/mol. The Balaban J connectivity index is 1.60. The highest BCUT2D eigenvalue weighted by atomic mass is 16.2. The molecule has 3 heterocycles. The van der Waals surface area contributed by atoms with Gasteiger partial charge in [-0.1, -0.05) is 18.2 Å². The maximum Gasteiger partial charge on any atom is 0.271 e. The molecule has 0 bridgehead atoms. The first-order chi connectivity index (χ1) is 13.0. The zero-order chi connectivity index (χ0) is 19.1. The number of hydrogen-bond donors (Lipinski definition) is 3. The van der Waals surface area contributed by atoms with E-state index in [1.807, 2.05) is 38.1 Å². The molecule has 3 aromatic heterocycles. The van der Waals surface area contributed by atoms with E-state index in [4.69, 9.17) is 0 Å². The number of fused-ring (bicyclic) bond motifs is 2. The maximum absolute atomic E-state index is 12.7. The molecule has 4 aromatic rings. The number of nitrogens with zero attached hydrogens (tertiary/aromatic N) is 3. The van der Waals surface area contributed by atoms with Crippen LogP contribution >= 0.6 is 0 Å². The normalized spacial score (nSPS) is 11.1. The SMILES string of the molecule is Cc1cc(C(=O)NNC(=O)c2c[nH]c3ccccc23)c2c(C)nn(C)c2n1. The topological polar surface area (TPSA) is 105 Å². The second-order valence-electron chi connectivity index (χ2n) is 6.38. The number of aromatic amines is 1. The molecule has 8 nitrogen and oxygen atoms in total. The fourth-order valence-corrected chi connectivity index (χ4v) is 3.26. The number of carbonyl (C=O) groups excluding carboxylic acids is 2. The molecule has 0 saturated heterocycles. The van der Waals surface area contributed by atoms with Gasteiger partial charge in [0, 0.05) is 29.8 Å². The average Bonchev–Trinajstić information content (AvgIpc) is 3.20. The molecule has 0 spiro atoms. The van der Waals surface area contributed by atoms with Crippen molar-refractivity contribution >= 4 is 33.8 Å². The number of hydrogen-bond acceptors (Lipinski definition) is 4. The van der Waals surface area contributed by atoms with Crippen molar-refractivity contribution in [3.8, 4) is 0 Å². The molecule has 0 aliphatic rings. The molecule has 0 fully saturated rings. The smallest absolute Gasteiger partial charge is 0.271 e. The van der Waals surface area contributed by atoms with Crippen molar-refractivity contribution in [3.63, 3.8) is 0 Å². The standard InChI is InChI=1S/C19H18N6O2/c1-10-8-13(16-11(2)24-25(3)17(16)21-10)18(26)22-23-19(27)14-9-20-15-7-5-4-6-12(14)15/h4-9,20H,1-3H3,(H,22,26)(H,23,27). The Morgan fingerprint density at radius 2 is 1.78 bits per heavy atom. The van der Waals surface area contributed by atoms with E-state index < -0.39 is 11.8 Å². The predicted molar refractivity (Wildman–Crippen MR) is 101 cm³/mol. The molecular weight excluding hydrogens is 344 g/mol. The molecule has 0 saturated carbocycles. The van der Waals surface area contributed by atoms with E-state index in [2.05, 4.69) is 25.9 Å².